The molecule has 0 saturated carbocycles. The van der Waals surface area contributed by atoms with Gasteiger partial charge in [0.05, 0.1) is 4.88 Å². The van der Waals surface area contributed by atoms with Crippen molar-refractivity contribution >= 4 is 11.3 Å². The second-order valence-electron chi connectivity index (χ2n) is 4.68. The molecule has 0 unspecified atom stereocenters. The topological polar surface area (TPSA) is 78.2 Å². The van der Waals surface area contributed by atoms with Gasteiger partial charge in [-0.25, -0.2) is 0 Å². The highest BCUT2D eigenvalue weighted by Crippen LogP contribution is 2.29. The molecular formula is C14H8F3N5S. The maximum atomic E-state index is 12.5. The van der Waals surface area contributed by atoms with Crippen molar-refractivity contribution in [3.05, 3.63) is 52.3 Å². The van der Waals surface area contributed by atoms with Crippen LogP contribution in [0.4, 0.5) is 13.2 Å². The molecule has 0 spiro atoms. The molecule has 23 heavy (non-hydrogen) atoms. The van der Waals surface area contributed by atoms with E-state index in [1.54, 1.807) is 0 Å². The molecule has 116 valence electrons. The number of aromatic nitrogens is 4. The minimum absolute atomic E-state index is 0.203. The van der Waals surface area contributed by atoms with E-state index in [4.69, 9.17) is 5.26 Å². The van der Waals surface area contributed by atoms with E-state index in [0.29, 0.717) is 17.7 Å². The zero-order chi connectivity index (χ0) is 16.4. The lowest BCUT2D eigenvalue weighted by atomic mass is 10.1. The molecule has 0 aliphatic rings. The molecule has 0 aliphatic heterocycles. The number of hydrogen-bond acceptors (Lipinski definition) is 5. The molecular weight excluding hydrogens is 327 g/mol. The van der Waals surface area contributed by atoms with Crippen molar-refractivity contribution in [2.75, 3.05) is 0 Å². The van der Waals surface area contributed by atoms with Gasteiger partial charge in [-0.3, -0.25) is 4.98 Å². The molecule has 3 aromatic heterocycles. The molecule has 3 rings (SSSR count). The van der Waals surface area contributed by atoms with Crippen molar-refractivity contribution in [2.45, 2.75) is 12.6 Å². The summed E-state index contributed by atoms with van der Waals surface area (Å²) in [7, 11) is 0. The number of H-pyrrole nitrogens is 1. The van der Waals surface area contributed by atoms with E-state index < -0.39 is 11.9 Å². The summed E-state index contributed by atoms with van der Waals surface area (Å²) in [6, 6.07) is 6.15. The molecule has 9 heteroatoms. The van der Waals surface area contributed by atoms with Crippen molar-refractivity contribution in [2.24, 2.45) is 0 Å². The molecule has 0 radical (unpaired) electrons. The predicted molar refractivity (Wildman–Crippen MR) is 76.5 cm³/mol. The van der Waals surface area contributed by atoms with Crippen LogP contribution in [0.3, 0.4) is 0 Å². The molecule has 1 N–H and O–H groups in total. The number of nitrogens with zero attached hydrogens (tertiary/aromatic N) is 4. The molecule has 5 nitrogen and oxygen atoms in total. The van der Waals surface area contributed by atoms with Crippen LogP contribution in [0.15, 0.2) is 29.8 Å². The van der Waals surface area contributed by atoms with E-state index in [9.17, 15) is 13.2 Å². The Morgan fingerprint density at radius 3 is 2.70 bits per heavy atom. The third-order valence-electron chi connectivity index (χ3n) is 3.06. The van der Waals surface area contributed by atoms with Gasteiger partial charge in [0.15, 0.2) is 5.69 Å². The van der Waals surface area contributed by atoms with Crippen molar-refractivity contribution in [1.82, 2.24) is 20.4 Å². The number of thiophene rings is 1. The van der Waals surface area contributed by atoms with Gasteiger partial charge >= 0.3 is 6.18 Å². The Morgan fingerprint density at radius 2 is 2.04 bits per heavy atom. The first-order valence-electron chi connectivity index (χ1n) is 6.38. The van der Waals surface area contributed by atoms with Gasteiger partial charge in [0, 0.05) is 6.20 Å². The average Bonchev–Trinajstić information content (AvgIpc) is 3.15. The van der Waals surface area contributed by atoms with Crippen LogP contribution in [0.1, 0.15) is 22.5 Å². The molecule has 3 aromatic rings. The smallest absolute Gasteiger partial charge is 0.251 e. The van der Waals surface area contributed by atoms with Crippen LogP contribution in [0.2, 0.25) is 0 Å². The average molecular weight is 335 g/mol. The molecule has 3 heterocycles. The van der Waals surface area contributed by atoms with Crippen molar-refractivity contribution in [1.29, 1.82) is 5.26 Å². The normalized spacial score (nSPS) is 11.4. The zero-order valence-electron chi connectivity index (χ0n) is 11.4. The monoisotopic (exact) mass is 335 g/mol. The summed E-state index contributed by atoms with van der Waals surface area (Å²) in [5.74, 6) is 0. The number of nitriles is 1. The highest BCUT2D eigenvalue weighted by Gasteiger charge is 2.31. The minimum Gasteiger partial charge on any atom is -0.251 e. The fraction of sp³-hybridized carbons (Fsp3) is 0.143. The molecule has 0 amide bonds. The Kier molecular flexibility index (Phi) is 3.83. The number of pyridine rings is 1. The Labute approximate surface area is 132 Å². The van der Waals surface area contributed by atoms with Crippen LogP contribution in [-0.2, 0) is 12.6 Å². The van der Waals surface area contributed by atoms with E-state index in [1.165, 1.54) is 23.6 Å². The number of rotatable bonds is 3. The van der Waals surface area contributed by atoms with Gasteiger partial charge in [-0.05, 0) is 35.1 Å². The summed E-state index contributed by atoms with van der Waals surface area (Å²) in [6.45, 7) is 0. The Balaban J connectivity index is 1.78. The van der Waals surface area contributed by atoms with Gasteiger partial charge in [0.25, 0.3) is 0 Å². The van der Waals surface area contributed by atoms with Gasteiger partial charge < -0.3 is 0 Å². The van der Waals surface area contributed by atoms with Gasteiger partial charge in [0.2, 0.25) is 0 Å². The highest BCUT2D eigenvalue weighted by atomic mass is 32.1. The van der Waals surface area contributed by atoms with Gasteiger partial charge in [-0.1, -0.05) is 6.07 Å². The Hall–Kier alpha value is -2.73. The first kappa shape index (κ1) is 15.2. The first-order valence-corrected chi connectivity index (χ1v) is 7.26. The van der Waals surface area contributed by atoms with E-state index in [-0.39, 0.29) is 5.69 Å². The maximum absolute atomic E-state index is 12.5. The van der Waals surface area contributed by atoms with E-state index in [1.807, 2.05) is 17.5 Å². The molecule has 0 saturated heterocycles. The minimum atomic E-state index is -4.44. The fourth-order valence-electron chi connectivity index (χ4n) is 2.01. The van der Waals surface area contributed by atoms with Crippen molar-refractivity contribution < 1.29 is 13.2 Å². The van der Waals surface area contributed by atoms with Crippen LogP contribution < -0.4 is 0 Å². The standard InChI is InChI=1S/C14H8F3N5S/c15-14(16,17)12-2-1-8(6-19-12)3-9-4-11(23-7-9)13-10(5-18)20-22-21-13/h1-2,4,6-7H,3H2,(H,20,21,22). The molecule has 0 bridgehead atoms. The molecule has 0 aromatic carbocycles. The Bertz CT molecular complexity index is 858. The number of hydrogen-bond donors (Lipinski definition) is 1. The SMILES string of the molecule is N#Cc1n[nH]nc1-c1cc(Cc2ccc(C(F)(F)F)nc2)cs1. The van der Waals surface area contributed by atoms with E-state index in [0.717, 1.165) is 16.5 Å². The van der Waals surface area contributed by atoms with Crippen LogP contribution >= 0.6 is 11.3 Å². The Morgan fingerprint density at radius 1 is 1.22 bits per heavy atom. The third kappa shape index (κ3) is 3.22. The number of aromatic amines is 1. The lowest BCUT2D eigenvalue weighted by molar-refractivity contribution is -0.141. The predicted octanol–water partition coefficient (Wildman–Crippen LogP) is 3.41. The lowest BCUT2D eigenvalue weighted by Crippen LogP contribution is -2.07. The van der Waals surface area contributed by atoms with E-state index in [2.05, 4.69) is 20.4 Å². The summed E-state index contributed by atoms with van der Waals surface area (Å²) in [5.41, 5.74) is 1.33. The van der Waals surface area contributed by atoms with Gasteiger partial charge in [-0.2, -0.15) is 28.7 Å². The molecule has 0 fully saturated rings. The zero-order valence-corrected chi connectivity index (χ0v) is 12.2. The second kappa shape index (κ2) is 5.81. The number of halogens is 3. The number of nitrogens with one attached hydrogen (secondary N) is 1. The quantitative estimate of drug-likeness (QED) is 0.795. The lowest BCUT2D eigenvalue weighted by Gasteiger charge is -2.05. The maximum Gasteiger partial charge on any atom is 0.433 e. The summed E-state index contributed by atoms with van der Waals surface area (Å²) in [5, 5.41) is 20.9. The van der Waals surface area contributed by atoms with Crippen LogP contribution in [0, 0.1) is 11.3 Å². The largest absolute Gasteiger partial charge is 0.433 e. The highest BCUT2D eigenvalue weighted by molar-refractivity contribution is 7.13. The summed E-state index contributed by atoms with van der Waals surface area (Å²) < 4.78 is 37.4. The van der Waals surface area contributed by atoms with Crippen molar-refractivity contribution in [3.8, 4) is 16.6 Å². The first-order chi connectivity index (χ1) is 11.0. The summed E-state index contributed by atoms with van der Waals surface area (Å²) >= 11 is 1.39. The molecule has 0 aliphatic carbocycles. The van der Waals surface area contributed by atoms with Gasteiger partial charge in [-0.15, -0.1) is 16.4 Å². The summed E-state index contributed by atoms with van der Waals surface area (Å²) in [4.78, 5) is 4.21. The molecule has 0 atom stereocenters. The fourth-order valence-corrected chi connectivity index (χ4v) is 2.91. The van der Waals surface area contributed by atoms with Crippen LogP contribution in [0.5, 0.6) is 0 Å². The van der Waals surface area contributed by atoms with Crippen molar-refractivity contribution in [3.63, 3.8) is 0 Å². The summed E-state index contributed by atoms with van der Waals surface area (Å²) in [6.07, 6.45) is -2.77. The van der Waals surface area contributed by atoms with Gasteiger partial charge in [0.1, 0.15) is 17.5 Å². The second-order valence-corrected chi connectivity index (χ2v) is 5.59. The van der Waals surface area contributed by atoms with E-state index >= 15 is 0 Å². The number of alkyl halides is 3. The third-order valence-corrected chi connectivity index (χ3v) is 4.05. The van der Waals surface area contributed by atoms with Crippen LogP contribution in [0.25, 0.3) is 10.6 Å². The van der Waals surface area contributed by atoms with Crippen LogP contribution in [-0.4, -0.2) is 20.4 Å².